The van der Waals surface area contributed by atoms with Crippen LogP contribution >= 0.6 is 11.6 Å². The van der Waals surface area contributed by atoms with Crippen LogP contribution < -0.4 is 4.74 Å². The Morgan fingerprint density at radius 2 is 1.79 bits per heavy atom. The molecule has 29 heavy (non-hydrogen) atoms. The van der Waals surface area contributed by atoms with Crippen molar-refractivity contribution in [1.29, 1.82) is 0 Å². The summed E-state index contributed by atoms with van der Waals surface area (Å²) in [4.78, 5) is 9.33. The molecule has 3 aromatic rings. The monoisotopic (exact) mass is 412 g/mol. The van der Waals surface area contributed by atoms with Gasteiger partial charge in [-0.05, 0) is 25.1 Å². The number of benzene rings is 2. The summed E-state index contributed by atoms with van der Waals surface area (Å²) < 4.78 is 11.0. The van der Waals surface area contributed by atoms with Gasteiger partial charge in [0.1, 0.15) is 5.75 Å². The summed E-state index contributed by atoms with van der Waals surface area (Å²) in [6.45, 7) is 7.58. The molecule has 0 aliphatic carbocycles. The van der Waals surface area contributed by atoms with Crippen molar-refractivity contribution in [1.82, 2.24) is 19.9 Å². The number of halogens is 1. The van der Waals surface area contributed by atoms with Gasteiger partial charge in [-0.15, -0.1) is 0 Å². The average molecular weight is 413 g/mol. The van der Waals surface area contributed by atoms with Crippen molar-refractivity contribution in [2.75, 3.05) is 33.3 Å². The molecule has 0 unspecified atom stereocenters. The van der Waals surface area contributed by atoms with Gasteiger partial charge in [-0.1, -0.05) is 46.6 Å². The molecule has 1 aliphatic heterocycles. The maximum absolute atomic E-state index is 6.05. The quantitative estimate of drug-likeness (QED) is 0.609. The number of ether oxygens (including phenoxy) is 1. The SMILES string of the molecule is COc1ccc(C)cc1CN1CCN(Cc2nc(-c3cccc(Cl)c3)no2)CC1. The second kappa shape index (κ2) is 8.95. The number of aromatic nitrogens is 2. The first-order chi connectivity index (χ1) is 14.1. The fourth-order valence-corrected chi connectivity index (χ4v) is 3.82. The van der Waals surface area contributed by atoms with Crippen LogP contribution in [0.1, 0.15) is 17.0 Å². The largest absolute Gasteiger partial charge is 0.496 e. The number of methoxy groups -OCH3 is 1. The number of hydrogen-bond acceptors (Lipinski definition) is 6. The molecule has 4 rings (SSSR count). The van der Waals surface area contributed by atoms with Crippen LogP contribution in [0.15, 0.2) is 47.0 Å². The Labute approximate surface area is 176 Å². The summed E-state index contributed by atoms with van der Waals surface area (Å²) >= 11 is 6.05. The van der Waals surface area contributed by atoms with Crippen LogP contribution in [0.5, 0.6) is 5.75 Å². The molecule has 2 heterocycles. The molecule has 1 aliphatic rings. The van der Waals surface area contributed by atoms with Gasteiger partial charge >= 0.3 is 0 Å². The molecule has 0 bridgehead atoms. The minimum Gasteiger partial charge on any atom is -0.496 e. The molecule has 1 fully saturated rings. The first-order valence-electron chi connectivity index (χ1n) is 9.77. The Hall–Kier alpha value is -2.41. The van der Waals surface area contributed by atoms with Crippen molar-refractivity contribution in [3.05, 3.63) is 64.5 Å². The lowest BCUT2D eigenvalue weighted by atomic mass is 10.1. The predicted octanol–water partition coefficient (Wildman–Crippen LogP) is 4.02. The topological polar surface area (TPSA) is 54.6 Å². The summed E-state index contributed by atoms with van der Waals surface area (Å²) in [5.41, 5.74) is 3.36. The van der Waals surface area contributed by atoms with Gasteiger partial charge in [0.15, 0.2) is 0 Å². The molecule has 0 saturated carbocycles. The first kappa shape index (κ1) is 19.9. The maximum atomic E-state index is 6.05. The van der Waals surface area contributed by atoms with Gasteiger partial charge in [0.2, 0.25) is 11.7 Å². The maximum Gasteiger partial charge on any atom is 0.241 e. The summed E-state index contributed by atoms with van der Waals surface area (Å²) in [6, 6.07) is 13.8. The highest BCUT2D eigenvalue weighted by molar-refractivity contribution is 6.30. The van der Waals surface area contributed by atoms with Gasteiger partial charge in [-0.3, -0.25) is 9.80 Å². The highest BCUT2D eigenvalue weighted by Crippen LogP contribution is 2.23. The molecule has 0 spiro atoms. The van der Waals surface area contributed by atoms with Crippen LogP contribution in [-0.2, 0) is 13.1 Å². The van der Waals surface area contributed by atoms with Gasteiger partial charge < -0.3 is 9.26 Å². The normalized spacial score (nSPS) is 15.6. The predicted molar refractivity (Wildman–Crippen MR) is 113 cm³/mol. The van der Waals surface area contributed by atoms with Crippen LogP contribution in [0.3, 0.4) is 0 Å². The highest BCUT2D eigenvalue weighted by Gasteiger charge is 2.20. The molecule has 2 aromatic carbocycles. The van der Waals surface area contributed by atoms with E-state index >= 15 is 0 Å². The third kappa shape index (κ3) is 4.96. The van der Waals surface area contributed by atoms with E-state index < -0.39 is 0 Å². The Kier molecular flexibility index (Phi) is 6.13. The van der Waals surface area contributed by atoms with Gasteiger partial charge in [0, 0.05) is 48.9 Å². The molecule has 0 atom stereocenters. The number of hydrogen-bond donors (Lipinski definition) is 0. The van der Waals surface area contributed by atoms with Crippen molar-refractivity contribution >= 4 is 11.6 Å². The summed E-state index contributed by atoms with van der Waals surface area (Å²) in [5.74, 6) is 2.17. The Morgan fingerprint density at radius 3 is 2.52 bits per heavy atom. The average Bonchev–Trinajstić information content (AvgIpc) is 3.18. The molecule has 1 saturated heterocycles. The second-order valence-corrected chi connectivity index (χ2v) is 7.83. The van der Waals surface area contributed by atoms with E-state index in [0.717, 1.165) is 44.0 Å². The number of piperazine rings is 1. The van der Waals surface area contributed by atoms with Gasteiger partial charge in [0.05, 0.1) is 13.7 Å². The van der Waals surface area contributed by atoms with E-state index in [2.05, 4.69) is 39.0 Å². The smallest absolute Gasteiger partial charge is 0.241 e. The molecule has 6 nitrogen and oxygen atoms in total. The third-order valence-corrected chi connectivity index (χ3v) is 5.44. The Morgan fingerprint density at radius 1 is 1.03 bits per heavy atom. The van der Waals surface area contributed by atoms with E-state index in [9.17, 15) is 0 Å². The van der Waals surface area contributed by atoms with Crippen molar-refractivity contribution < 1.29 is 9.26 Å². The van der Waals surface area contributed by atoms with Gasteiger partial charge in [0.25, 0.3) is 0 Å². The van der Waals surface area contributed by atoms with E-state index in [1.54, 1.807) is 7.11 Å². The number of rotatable bonds is 6. The first-order valence-corrected chi connectivity index (χ1v) is 10.2. The van der Waals surface area contributed by atoms with Crippen LogP contribution in [-0.4, -0.2) is 53.2 Å². The zero-order chi connectivity index (χ0) is 20.2. The van der Waals surface area contributed by atoms with Crippen LogP contribution in [0.2, 0.25) is 5.02 Å². The van der Waals surface area contributed by atoms with Crippen LogP contribution in [0, 0.1) is 6.92 Å². The Bertz CT molecular complexity index is 967. The lowest BCUT2D eigenvalue weighted by Crippen LogP contribution is -2.45. The van der Waals surface area contributed by atoms with E-state index in [-0.39, 0.29) is 0 Å². The van der Waals surface area contributed by atoms with E-state index in [4.69, 9.17) is 20.9 Å². The highest BCUT2D eigenvalue weighted by atomic mass is 35.5. The molecular formula is C22H25ClN4O2. The number of nitrogens with zero attached hydrogens (tertiary/aromatic N) is 4. The molecule has 1 aromatic heterocycles. The van der Waals surface area contributed by atoms with Crippen LogP contribution in [0.25, 0.3) is 11.4 Å². The van der Waals surface area contributed by atoms with Crippen molar-refractivity contribution in [2.45, 2.75) is 20.0 Å². The van der Waals surface area contributed by atoms with Crippen LogP contribution in [0.4, 0.5) is 0 Å². The molecule has 0 amide bonds. The third-order valence-electron chi connectivity index (χ3n) is 5.20. The van der Waals surface area contributed by atoms with Crippen molar-refractivity contribution in [3.63, 3.8) is 0 Å². The van der Waals surface area contributed by atoms with E-state index in [1.165, 1.54) is 11.1 Å². The lowest BCUT2D eigenvalue weighted by Gasteiger charge is -2.34. The van der Waals surface area contributed by atoms with Crippen molar-refractivity contribution in [3.8, 4) is 17.1 Å². The van der Waals surface area contributed by atoms with Crippen molar-refractivity contribution in [2.24, 2.45) is 0 Å². The fraction of sp³-hybridized carbons (Fsp3) is 0.364. The molecule has 0 radical (unpaired) electrons. The van der Waals surface area contributed by atoms with Gasteiger partial charge in [-0.25, -0.2) is 0 Å². The zero-order valence-electron chi connectivity index (χ0n) is 16.8. The molecule has 0 N–H and O–H groups in total. The Balaban J connectivity index is 1.32. The fourth-order valence-electron chi connectivity index (χ4n) is 3.63. The van der Waals surface area contributed by atoms with E-state index in [0.29, 0.717) is 23.3 Å². The van der Waals surface area contributed by atoms with Gasteiger partial charge in [-0.2, -0.15) is 4.98 Å². The van der Waals surface area contributed by atoms with E-state index in [1.807, 2.05) is 30.3 Å². The standard InChI is InChI=1S/C22H25ClN4O2/c1-16-6-7-20(28-2)18(12-16)14-26-8-10-27(11-9-26)15-21-24-22(25-29-21)17-4-3-5-19(23)13-17/h3-7,12-13H,8-11,14-15H2,1-2H3. The second-order valence-electron chi connectivity index (χ2n) is 7.39. The molecule has 152 valence electrons. The minimum atomic E-state index is 0.577. The number of aryl methyl sites for hydroxylation is 1. The minimum absolute atomic E-state index is 0.577. The summed E-state index contributed by atoms with van der Waals surface area (Å²) in [7, 11) is 1.73. The summed E-state index contributed by atoms with van der Waals surface area (Å²) in [5, 5.41) is 4.76. The molecular weight excluding hydrogens is 388 g/mol. The zero-order valence-corrected chi connectivity index (χ0v) is 17.5. The lowest BCUT2D eigenvalue weighted by molar-refractivity contribution is 0.111. The summed E-state index contributed by atoms with van der Waals surface area (Å²) in [6.07, 6.45) is 0. The molecule has 7 heteroatoms.